The summed E-state index contributed by atoms with van der Waals surface area (Å²) in [5.74, 6) is 0. The third-order valence-electron chi connectivity index (χ3n) is 3.57. The first-order chi connectivity index (χ1) is 10.7. The molecule has 0 spiro atoms. The maximum absolute atomic E-state index is 4.27. The Morgan fingerprint density at radius 2 is 1.95 bits per heavy atom. The molecule has 22 heavy (non-hydrogen) atoms. The van der Waals surface area contributed by atoms with E-state index in [-0.39, 0.29) is 0 Å². The Morgan fingerprint density at radius 3 is 2.73 bits per heavy atom. The van der Waals surface area contributed by atoms with Crippen LogP contribution in [-0.4, -0.2) is 9.78 Å². The standard InChI is InChI=1S/C18H18IN3/c1-22-13-16(12-21-22)18-8-3-2-6-15(18)11-20-10-14-5-4-7-17(19)9-14/h2-9,12-13,20H,10-11H2,1H3. The lowest BCUT2D eigenvalue weighted by Gasteiger charge is -2.10. The summed E-state index contributed by atoms with van der Waals surface area (Å²) in [6.45, 7) is 1.72. The number of halogens is 1. The maximum atomic E-state index is 4.27. The molecule has 0 fully saturated rings. The molecule has 0 amide bonds. The molecule has 3 nitrogen and oxygen atoms in total. The van der Waals surface area contributed by atoms with E-state index < -0.39 is 0 Å². The Labute approximate surface area is 144 Å². The molecular formula is C18H18IN3. The molecule has 1 aromatic heterocycles. The van der Waals surface area contributed by atoms with E-state index >= 15 is 0 Å². The minimum atomic E-state index is 0.844. The van der Waals surface area contributed by atoms with Crippen molar-refractivity contribution in [2.24, 2.45) is 7.05 Å². The number of nitrogens with zero attached hydrogens (tertiary/aromatic N) is 2. The number of aromatic nitrogens is 2. The number of aryl methyl sites for hydroxylation is 1. The monoisotopic (exact) mass is 403 g/mol. The third-order valence-corrected chi connectivity index (χ3v) is 4.24. The molecule has 0 aliphatic carbocycles. The predicted octanol–water partition coefficient (Wildman–Crippen LogP) is 3.98. The first-order valence-electron chi connectivity index (χ1n) is 7.24. The SMILES string of the molecule is Cn1cc(-c2ccccc2CNCc2cccc(I)c2)cn1. The van der Waals surface area contributed by atoms with E-state index in [1.807, 2.05) is 17.9 Å². The minimum absolute atomic E-state index is 0.844. The lowest BCUT2D eigenvalue weighted by atomic mass is 10.0. The van der Waals surface area contributed by atoms with E-state index in [4.69, 9.17) is 0 Å². The molecule has 4 heteroatoms. The fraction of sp³-hybridized carbons (Fsp3) is 0.167. The Bertz CT molecular complexity index is 764. The van der Waals surface area contributed by atoms with Gasteiger partial charge in [-0.25, -0.2) is 0 Å². The summed E-state index contributed by atoms with van der Waals surface area (Å²) in [4.78, 5) is 0. The highest BCUT2D eigenvalue weighted by molar-refractivity contribution is 14.1. The molecule has 1 heterocycles. The highest BCUT2D eigenvalue weighted by atomic mass is 127. The van der Waals surface area contributed by atoms with E-state index in [0.29, 0.717) is 0 Å². The Hall–Kier alpha value is -1.66. The topological polar surface area (TPSA) is 29.9 Å². The smallest absolute Gasteiger partial charge is 0.0568 e. The summed E-state index contributed by atoms with van der Waals surface area (Å²) in [5, 5.41) is 7.80. The van der Waals surface area contributed by atoms with Crippen LogP contribution in [0, 0.1) is 3.57 Å². The van der Waals surface area contributed by atoms with Gasteiger partial charge in [0.25, 0.3) is 0 Å². The second-order valence-electron chi connectivity index (χ2n) is 5.29. The van der Waals surface area contributed by atoms with Crippen LogP contribution in [0.2, 0.25) is 0 Å². The van der Waals surface area contributed by atoms with Crippen LogP contribution in [-0.2, 0) is 20.1 Å². The molecule has 0 aliphatic rings. The molecule has 0 saturated carbocycles. The van der Waals surface area contributed by atoms with Crippen molar-refractivity contribution in [1.82, 2.24) is 15.1 Å². The van der Waals surface area contributed by atoms with Gasteiger partial charge >= 0.3 is 0 Å². The van der Waals surface area contributed by atoms with Gasteiger partial charge in [0.05, 0.1) is 6.20 Å². The fourth-order valence-electron chi connectivity index (χ4n) is 2.50. The van der Waals surface area contributed by atoms with Crippen molar-refractivity contribution in [3.05, 3.63) is 75.6 Å². The first-order valence-corrected chi connectivity index (χ1v) is 8.32. The summed E-state index contributed by atoms with van der Waals surface area (Å²) >= 11 is 2.35. The highest BCUT2D eigenvalue weighted by Crippen LogP contribution is 2.23. The normalized spacial score (nSPS) is 10.8. The van der Waals surface area contributed by atoms with Gasteiger partial charge in [-0.15, -0.1) is 0 Å². The van der Waals surface area contributed by atoms with Crippen molar-refractivity contribution in [1.29, 1.82) is 0 Å². The molecule has 0 radical (unpaired) electrons. The molecule has 0 bridgehead atoms. The Morgan fingerprint density at radius 1 is 1.09 bits per heavy atom. The van der Waals surface area contributed by atoms with Crippen LogP contribution in [0.4, 0.5) is 0 Å². The molecular weight excluding hydrogens is 385 g/mol. The number of rotatable bonds is 5. The summed E-state index contributed by atoms with van der Waals surface area (Å²) < 4.78 is 3.11. The summed E-state index contributed by atoms with van der Waals surface area (Å²) in [5.41, 5.74) is 5.01. The zero-order chi connectivity index (χ0) is 15.4. The largest absolute Gasteiger partial charge is 0.309 e. The highest BCUT2D eigenvalue weighted by Gasteiger charge is 2.06. The second-order valence-corrected chi connectivity index (χ2v) is 6.54. The maximum Gasteiger partial charge on any atom is 0.0568 e. The van der Waals surface area contributed by atoms with Gasteiger partial charge < -0.3 is 5.32 Å². The van der Waals surface area contributed by atoms with Gasteiger partial charge in [0.2, 0.25) is 0 Å². The number of hydrogen-bond donors (Lipinski definition) is 1. The molecule has 0 aliphatic heterocycles. The van der Waals surface area contributed by atoms with Crippen molar-refractivity contribution < 1.29 is 0 Å². The van der Waals surface area contributed by atoms with E-state index in [9.17, 15) is 0 Å². The van der Waals surface area contributed by atoms with Crippen LogP contribution >= 0.6 is 22.6 Å². The van der Waals surface area contributed by atoms with Gasteiger partial charge in [-0.2, -0.15) is 5.10 Å². The quantitative estimate of drug-likeness (QED) is 0.654. The molecule has 0 unspecified atom stereocenters. The predicted molar refractivity (Wildman–Crippen MR) is 98.3 cm³/mol. The molecule has 3 aromatic rings. The van der Waals surface area contributed by atoms with Crippen LogP contribution < -0.4 is 5.32 Å². The van der Waals surface area contributed by atoms with E-state index in [1.165, 1.54) is 20.3 Å². The first kappa shape index (κ1) is 15.2. The van der Waals surface area contributed by atoms with Gasteiger partial charge in [0.1, 0.15) is 0 Å². The minimum Gasteiger partial charge on any atom is -0.309 e. The fourth-order valence-corrected chi connectivity index (χ4v) is 3.11. The van der Waals surface area contributed by atoms with Crippen LogP contribution in [0.3, 0.4) is 0 Å². The van der Waals surface area contributed by atoms with Gasteiger partial charge in [-0.05, 0) is 51.4 Å². The Balaban J connectivity index is 1.70. The van der Waals surface area contributed by atoms with E-state index in [1.54, 1.807) is 0 Å². The van der Waals surface area contributed by atoms with Crippen LogP contribution in [0.15, 0.2) is 60.9 Å². The van der Waals surface area contributed by atoms with E-state index in [0.717, 1.165) is 18.7 Å². The van der Waals surface area contributed by atoms with Crippen LogP contribution in [0.1, 0.15) is 11.1 Å². The van der Waals surface area contributed by atoms with Crippen molar-refractivity contribution in [3.63, 3.8) is 0 Å². The molecule has 2 aromatic carbocycles. The second kappa shape index (κ2) is 7.07. The average Bonchev–Trinajstić information content (AvgIpc) is 2.94. The summed E-state index contributed by atoms with van der Waals surface area (Å²) in [6.07, 6.45) is 3.97. The lowest BCUT2D eigenvalue weighted by Crippen LogP contribution is -2.13. The Kier molecular flexibility index (Phi) is 4.90. The van der Waals surface area contributed by atoms with Gasteiger partial charge in [0.15, 0.2) is 0 Å². The molecule has 0 saturated heterocycles. The molecule has 112 valence electrons. The van der Waals surface area contributed by atoms with Gasteiger partial charge in [-0.1, -0.05) is 36.4 Å². The van der Waals surface area contributed by atoms with Crippen LogP contribution in [0.5, 0.6) is 0 Å². The number of benzene rings is 2. The summed E-state index contributed by atoms with van der Waals surface area (Å²) in [7, 11) is 1.95. The molecule has 3 rings (SSSR count). The zero-order valence-electron chi connectivity index (χ0n) is 12.5. The zero-order valence-corrected chi connectivity index (χ0v) is 14.6. The molecule has 1 N–H and O–H groups in total. The third kappa shape index (κ3) is 3.75. The molecule has 0 atom stereocenters. The van der Waals surface area contributed by atoms with Gasteiger partial charge in [-0.3, -0.25) is 4.68 Å². The summed E-state index contributed by atoms with van der Waals surface area (Å²) in [6, 6.07) is 17.1. The lowest BCUT2D eigenvalue weighted by molar-refractivity contribution is 0.694. The number of nitrogens with one attached hydrogen (secondary N) is 1. The van der Waals surface area contributed by atoms with Crippen molar-refractivity contribution in [3.8, 4) is 11.1 Å². The average molecular weight is 403 g/mol. The van der Waals surface area contributed by atoms with Crippen LogP contribution in [0.25, 0.3) is 11.1 Å². The van der Waals surface area contributed by atoms with E-state index in [2.05, 4.69) is 87.7 Å². The van der Waals surface area contributed by atoms with Crippen molar-refractivity contribution >= 4 is 22.6 Å². The number of hydrogen-bond acceptors (Lipinski definition) is 2. The van der Waals surface area contributed by atoms with Gasteiger partial charge in [0, 0.05) is 35.5 Å². The van der Waals surface area contributed by atoms with Crippen molar-refractivity contribution in [2.75, 3.05) is 0 Å². The van der Waals surface area contributed by atoms with Crippen molar-refractivity contribution in [2.45, 2.75) is 13.1 Å².